The van der Waals surface area contributed by atoms with Gasteiger partial charge in [0.2, 0.25) is 0 Å². The molecule has 9 heteroatoms. The van der Waals surface area contributed by atoms with Crippen LogP contribution in [0.25, 0.3) is 27.8 Å². The van der Waals surface area contributed by atoms with Gasteiger partial charge in [0.1, 0.15) is 5.82 Å². The van der Waals surface area contributed by atoms with Crippen LogP contribution in [0.1, 0.15) is 19.2 Å². The summed E-state index contributed by atoms with van der Waals surface area (Å²) in [6, 6.07) is 5.12. The average Bonchev–Trinajstić information content (AvgIpc) is 3.18. The highest BCUT2D eigenvalue weighted by molar-refractivity contribution is 5.91. The average molecular weight is 380 g/mol. The molecule has 0 aliphatic rings. The van der Waals surface area contributed by atoms with E-state index in [0.29, 0.717) is 47.2 Å². The number of ether oxygens (including phenoxy) is 1. The van der Waals surface area contributed by atoms with Gasteiger partial charge < -0.3 is 9.30 Å². The maximum Gasteiger partial charge on any atom is 0.267 e. The maximum absolute atomic E-state index is 13.0. The standard InChI is InChI=1S/C19H20N6O3/c1-3-16-21-19(23-22-16)25-9-6-15-13(18(25)27)11-12-14(20-15)5-8-24(17(12)26)7-4-10-28-2/h5-6,8-9,11H,3-4,7,10H2,1-2H3,(H,21,22,23). The lowest BCUT2D eigenvalue weighted by molar-refractivity contribution is 0.190. The van der Waals surface area contributed by atoms with Gasteiger partial charge in [-0.3, -0.25) is 14.7 Å². The first kappa shape index (κ1) is 18.1. The number of hydrogen-bond donors (Lipinski definition) is 1. The number of aromatic nitrogens is 6. The molecular weight excluding hydrogens is 360 g/mol. The fourth-order valence-electron chi connectivity index (χ4n) is 3.13. The quantitative estimate of drug-likeness (QED) is 0.400. The van der Waals surface area contributed by atoms with Crippen molar-refractivity contribution in [2.75, 3.05) is 13.7 Å². The van der Waals surface area contributed by atoms with Gasteiger partial charge in [-0.15, -0.1) is 5.10 Å². The molecule has 1 N–H and O–H groups in total. The summed E-state index contributed by atoms with van der Waals surface area (Å²) in [5.41, 5.74) is 0.590. The summed E-state index contributed by atoms with van der Waals surface area (Å²) in [5, 5.41) is 7.65. The van der Waals surface area contributed by atoms with Crippen LogP contribution in [0.15, 0.2) is 40.2 Å². The van der Waals surface area contributed by atoms with Crippen LogP contribution in [0.4, 0.5) is 0 Å². The SMILES string of the molecule is CCc1nc(-n2ccc3nc4ccn(CCCOC)c(=O)c4cc3c2=O)n[nH]1. The highest BCUT2D eigenvalue weighted by atomic mass is 16.5. The molecule has 0 unspecified atom stereocenters. The first-order valence-corrected chi connectivity index (χ1v) is 9.08. The van der Waals surface area contributed by atoms with Crippen molar-refractivity contribution in [1.29, 1.82) is 0 Å². The second kappa shape index (κ2) is 7.35. The van der Waals surface area contributed by atoms with Crippen LogP contribution in [0, 0.1) is 0 Å². The highest BCUT2D eigenvalue weighted by Crippen LogP contribution is 2.15. The first-order valence-electron chi connectivity index (χ1n) is 9.08. The Kier molecular flexibility index (Phi) is 4.74. The molecule has 0 aromatic carbocycles. The van der Waals surface area contributed by atoms with E-state index in [1.54, 1.807) is 42.3 Å². The summed E-state index contributed by atoms with van der Waals surface area (Å²) in [7, 11) is 1.63. The van der Waals surface area contributed by atoms with Gasteiger partial charge in [0, 0.05) is 39.1 Å². The molecule has 0 aliphatic carbocycles. The van der Waals surface area contributed by atoms with E-state index in [1.165, 1.54) is 4.57 Å². The number of aryl methyl sites for hydroxylation is 2. The number of nitrogens with zero attached hydrogens (tertiary/aromatic N) is 5. The van der Waals surface area contributed by atoms with E-state index in [0.717, 1.165) is 6.42 Å². The molecule has 0 bridgehead atoms. The summed E-state index contributed by atoms with van der Waals surface area (Å²) in [6.07, 6.45) is 4.73. The minimum Gasteiger partial charge on any atom is -0.385 e. The molecule has 4 heterocycles. The fraction of sp³-hybridized carbons (Fsp3) is 0.316. The van der Waals surface area contributed by atoms with Crippen molar-refractivity contribution in [2.24, 2.45) is 0 Å². The van der Waals surface area contributed by atoms with Crippen molar-refractivity contribution in [3.63, 3.8) is 0 Å². The third-order valence-corrected chi connectivity index (χ3v) is 4.63. The molecule has 4 rings (SSSR count). The smallest absolute Gasteiger partial charge is 0.267 e. The minimum atomic E-state index is -0.317. The van der Waals surface area contributed by atoms with Crippen LogP contribution in [0.5, 0.6) is 0 Å². The zero-order valence-electron chi connectivity index (χ0n) is 15.7. The van der Waals surface area contributed by atoms with Gasteiger partial charge in [-0.1, -0.05) is 6.92 Å². The number of pyridine rings is 3. The molecule has 4 aromatic rings. The maximum atomic E-state index is 13.0. The third kappa shape index (κ3) is 3.09. The summed E-state index contributed by atoms with van der Waals surface area (Å²) in [4.78, 5) is 34.6. The second-order valence-electron chi connectivity index (χ2n) is 6.44. The van der Waals surface area contributed by atoms with Crippen molar-refractivity contribution >= 4 is 21.8 Å². The Balaban J connectivity index is 1.86. The number of fused-ring (bicyclic) bond motifs is 2. The van der Waals surface area contributed by atoms with Crippen LogP contribution in [0.2, 0.25) is 0 Å². The fourth-order valence-corrected chi connectivity index (χ4v) is 3.13. The van der Waals surface area contributed by atoms with Crippen molar-refractivity contribution in [1.82, 2.24) is 29.3 Å². The van der Waals surface area contributed by atoms with Gasteiger partial charge >= 0.3 is 0 Å². The molecule has 0 fully saturated rings. The Morgan fingerprint density at radius 3 is 2.54 bits per heavy atom. The summed E-state index contributed by atoms with van der Waals surface area (Å²) in [6.45, 7) is 3.05. The van der Waals surface area contributed by atoms with Crippen LogP contribution >= 0.6 is 0 Å². The molecule has 0 amide bonds. The van der Waals surface area contributed by atoms with E-state index in [4.69, 9.17) is 4.74 Å². The monoisotopic (exact) mass is 380 g/mol. The molecule has 28 heavy (non-hydrogen) atoms. The van der Waals surface area contributed by atoms with E-state index < -0.39 is 0 Å². The number of hydrogen-bond acceptors (Lipinski definition) is 6. The Bertz CT molecular complexity index is 1270. The predicted molar refractivity (Wildman–Crippen MR) is 105 cm³/mol. The van der Waals surface area contributed by atoms with Gasteiger partial charge in [0.05, 0.1) is 21.8 Å². The van der Waals surface area contributed by atoms with Crippen molar-refractivity contribution < 1.29 is 4.74 Å². The van der Waals surface area contributed by atoms with E-state index in [-0.39, 0.29) is 17.1 Å². The van der Waals surface area contributed by atoms with Crippen LogP contribution < -0.4 is 11.1 Å². The Morgan fingerprint density at radius 1 is 1.07 bits per heavy atom. The number of H-pyrrole nitrogens is 1. The molecular formula is C19H20N6O3. The Morgan fingerprint density at radius 2 is 1.82 bits per heavy atom. The lowest BCUT2D eigenvalue weighted by atomic mass is 10.2. The number of rotatable bonds is 6. The molecule has 9 nitrogen and oxygen atoms in total. The van der Waals surface area contributed by atoms with Crippen molar-refractivity contribution in [2.45, 2.75) is 26.3 Å². The lowest BCUT2D eigenvalue weighted by Gasteiger charge is -2.08. The molecule has 0 atom stereocenters. The lowest BCUT2D eigenvalue weighted by Crippen LogP contribution is -2.22. The zero-order valence-corrected chi connectivity index (χ0v) is 15.7. The summed E-state index contributed by atoms with van der Waals surface area (Å²) >= 11 is 0. The zero-order chi connectivity index (χ0) is 19.7. The van der Waals surface area contributed by atoms with Gasteiger partial charge in [-0.2, -0.15) is 4.98 Å². The number of nitrogens with one attached hydrogen (secondary N) is 1. The molecule has 0 aliphatic heterocycles. The van der Waals surface area contributed by atoms with Crippen LogP contribution in [0.3, 0.4) is 0 Å². The van der Waals surface area contributed by atoms with E-state index in [9.17, 15) is 9.59 Å². The molecule has 4 aromatic heterocycles. The summed E-state index contributed by atoms with van der Waals surface area (Å²) in [5.74, 6) is 0.964. The molecule has 0 spiro atoms. The van der Waals surface area contributed by atoms with E-state index in [1.807, 2.05) is 6.92 Å². The Labute approximate surface area is 159 Å². The van der Waals surface area contributed by atoms with E-state index >= 15 is 0 Å². The molecule has 144 valence electrons. The van der Waals surface area contributed by atoms with Crippen molar-refractivity contribution in [3.8, 4) is 5.95 Å². The third-order valence-electron chi connectivity index (χ3n) is 4.63. The predicted octanol–water partition coefficient (Wildman–Crippen LogP) is 1.42. The largest absolute Gasteiger partial charge is 0.385 e. The molecule has 0 saturated carbocycles. The minimum absolute atomic E-state index is 0.177. The number of methoxy groups -OCH3 is 1. The van der Waals surface area contributed by atoms with Gasteiger partial charge in [0.25, 0.3) is 17.1 Å². The topological polar surface area (TPSA) is 108 Å². The van der Waals surface area contributed by atoms with Crippen LogP contribution in [-0.4, -0.2) is 43.0 Å². The highest BCUT2D eigenvalue weighted by Gasteiger charge is 2.12. The van der Waals surface area contributed by atoms with Crippen LogP contribution in [-0.2, 0) is 17.7 Å². The second-order valence-corrected chi connectivity index (χ2v) is 6.44. The molecule has 0 radical (unpaired) electrons. The van der Waals surface area contributed by atoms with E-state index in [2.05, 4.69) is 20.2 Å². The normalized spacial score (nSPS) is 11.5. The van der Waals surface area contributed by atoms with Gasteiger partial charge in [0.15, 0.2) is 0 Å². The molecule has 0 saturated heterocycles. The first-order chi connectivity index (χ1) is 13.6. The number of aromatic amines is 1. The summed E-state index contributed by atoms with van der Waals surface area (Å²) < 4.78 is 8.01. The van der Waals surface area contributed by atoms with Gasteiger partial charge in [-0.25, -0.2) is 9.55 Å². The van der Waals surface area contributed by atoms with Gasteiger partial charge in [-0.05, 0) is 24.6 Å². The Hall–Kier alpha value is -3.33. The van der Waals surface area contributed by atoms with Crippen molar-refractivity contribution in [3.05, 3.63) is 57.1 Å².